The van der Waals surface area contributed by atoms with Gasteiger partial charge in [0.25, 0.3) is 0 Å². The number of morpholine rings is 1. The molecule has 16 heteroatoms. The predicted molar refractivity (Wildman–Crippen MR) is 180 cm³/mol. The number of hydrogen-bond donors (Lipinski definition) is 0. The molecule has 1 unspecified atom stereocenters. The highest BCUT2D eigenvalue weighted by Crippen LogP contribution is 2.30. The van der Waals surface area contributed by atoms with Crippen LogP contribution in [0, 0.1) is 5.92 Å². The summed E-state index contributed by atoms with van der Waals surface area (Å²) >= 11 is 0. The molecule has 2 aliphatic heterocycles. The summed E-state index contributed by atoms with van der Waals surface area (Å²) < 4.78 is 24.1. The van der Waals surface area contributed by atoms with Gasteiger partial charge in [-0.1, -0.05) is 0 Å². The molecular formula is C33H47N9O7. The van der Waals surface area contributed by atoms with Gasteiger partial charge in [0.1, 0.15) is 16.8 Å². The fourth-order valence-corrected chi connectivity index (χ4v) is 5.35. The molecule has 49 heavy (non-hydrogen) atoms. The number of aromatic nitrogens is 6. The zero-order chi connectivity index (χ0) is 35.7. The Hall–Kier alpha value is -4.60. The van der Waals surface area contributed by atoms with Crippen LogP contribution in [0.5, 0.6) is 0 Å². The predicted octanol–water partition coefficient (Wildman–Crippen LogP) is 5.05. The van der Waals surface area contributed by atoms with Crippen LogP contribution in [-0.2, 0) is 25.5 Å². The number of nitrogens with zero attached hydrogens (tertiary/aromatic N) is 9. The largest absolute Gasteiger partial charge is 0.444 e. The van der Waals surface area contributed by atoms with Crippen LogP contribution in [0.15, 0.2) is 18.7 Å². The van der Waals surface area contributed by atoms with E-state index in [0.29, 0.717) is 79.2 Å². The maximum atomic E-state index is 13.1. The highest BCUT2D eigenvalue weighted by Gasteiger charge is 2.35. The van der Waals surface area contributed by atoms with Crippen LogP contribution >= 0.6 is 0 Å². The van der Waals surface area contributed by atoms with E-state index in [9.17, 15) is 14.4 Å². The Labute approximate surface area is 286 Å². The van der Waals surface area contributed by atoms with Crippen LogP contribution in [0.4, 0.5) is 26.1 Å². The van der Waals surface area contributed by atoms with Crippen molar-refractivity contribution in [1.29, 1.82) is 0 Å². The second-order valence-corrected chi connectivity index (χ2v) is 15.2. The molecular weight excluding hydrogens is 634 g/mol. The molecule has 0 N–H and O–H groups in total. The van der Waals surface area contributed by atoms with Crippen molar-refractivity contribution in [1.82, 2.24) is 34.4 Å². The van der Waals surface area contributed by atoms with Gasteiger partial charge < -0.3 is 33.3 Å². The fraction of sp³-hybridized carbons (Fsp3) is 0.636. The van der Waals surface area contributed by atoms with Crippen LogP contribution in [0.25, 0.3) is 22.6 Å². The van der Waals surface area contributed by atoms with Gasteiger partial charge in [0, 0.05) is 45.1 Å². The van der Waals surface area contributed by atoms with Crippen molar-refractivity contribution in [3.05, 3.63) is 18.7 Å². The average molecular weight is 682 g/mol. The van der Waals surface area contributed by atoms with Gasteiger partial charge in [-0.3, -0.25) is 0 Å². The first kappa shape index (κ1) is 35.7. The molecule has 1 atom stereocenters. The Morgan fingerprint density at radius 3 is 2.00 bits per heavy atom. The maximum Gasteiger partial charge on any atom is 0.427 e. The monoisotopic (exact) mass is 681 g/mol. The third kappa shape index (κ3) is 9.10. The molecule has 0 aliphatic carbocycles. The minimum atomic E-state index is -0.970. The van der Waals surface area contributed by atoms with Crippen molar-refractivity contribution in [3.8, 4) is 11.4 Å². The number of amides is 3. The number of anilines is 2. The topological polar surface area (TPSA) is 167 Å². The van der Waals surface area contributed by atoms with Gasteiger partial charge in [0.2, 0.25) is 5.95 Å². The lowest BCUT2D eigenvalue weighted by atomic mass is 10.1. The lowest BCUT2D eigenvalue weighted by Gasteiger charge is -2.28. The lowest BCUT2D eigenvalue weighted by molar-refractivity contribution is 0.0285. The number of imide groups is 1. The molecule has 16 nitrogen and oxygen atoms in total. The Morgan fingerprint density at radius 1 is 0.837 bits per heavy atom. The minimum Gasteiger partial charge on any atom is -0.444 e. The molecule has 0 radical (unpaired) electrons. The third-order valence-electron chi connectivity index (χ3n) is 7.40. The van der Waals surface area contributed by atoms with Crippen molar-refractivity contribution in [2.45, 2.75) is 92.1 Å². The zero-order valence-electron chi connectivity index (χ0n) is 29.8. The Balaban J connectivity index is 1.46. The number of fused-ring (bicyclic) bond motifs is 1. The molecule has 5 rings (SSSR count). The summed E-state index contributed by atoms with van der Waals surface area (Å²) in [6, 6.07) is 0. The van der Waals surface area contributed by atoms with Crippen molar-refractivity contribution in [3.63, 3.8) is 0 Å². The van der Waals surface area contributed by atoms with Crippen LogP contribution in [0.1, 0.15) is 68.7 Å². The molecule has 5 heterocycles. The second kappa shape index (κ2) is 13.7. The first-order valence-electron chi connectivity index (χ1n) is 16.5. The van der Waals surface area contributed by atoms with Gasteiger partial charge in [-0.2, -0.15) is 0 Å². The average Bonchev–Trinajstić information content (AvgIpc) is 3.63. The van der Waals surface area contributed by atoms with Crippen molar-refractivity contribution >= 4 is 41.2 Å². The van der Waals surface area contributed by atoms with E-state index in [2.05, 4.69) is 14.9 Å². The van der Waals surface area contributed by atoms with Gasteiger partial charge in [-0.05, 0) is 74.7 Å². The molecule has 266 valence electrons. The van der Waals surface area contributed by atoms with E-state index in [1.54, 1.807) is 52.8 Å². The molecule has 2 saturated heterocycles. The van der Waals surface area contributed by atoms with Crippen LogP contribution < -0.4 is 9.80 Å². The van der Waals surface area contributed by atoms with Crippen molar-refractivity contribution in [2.75, 3.05) is 49.2 Å². The van der Waals surface area contributed by atoms with E-state index in [4.69, 9.17) is 33.9 Å². The van der Waals surface area contributed by atoms with Gasteiger partial charge in [0.15, 0.2) is 22.8 Å². The normalized spacial score (nSPS) is 17.3. The van der Waals surface area contributed by atoms with Crippen LogP contribution in [0.3, 0.4) is 0 Å². The van der Waals surface area contributed by atoms with Gasteiger partial charge in [0.05, 0.1) is 25.1 Å². The summed E-state index contributed by atoms with van der Waals surface area (Å²) in [6.45, 7) is 19.8. The van der Waals surface area contributed by atoms with E-state index in [1.165, 1.54) is 12.4 Å². The fourth-order valence-electron chi connectivity index (χ4n) is 5.35. The third-order valence-corrected chi connectivity index (χ3v) is 7.40. The first-order valence-corrected chi connectivity index (χ1v) is 16.5. The SMILES string of the molecule is CC(C)(C)OC(=O)N1CCC(Cn2cnc3c(N4CCOCC4)nc(-c4cnc(N(C(=O)OC(C)(C)C)C(=O)OC(C)(C)C)nc4)nc32)C1. The molecule has 2 fully saturated rings. The Bertz CT molecular complexity index is 1640. The highest BCUT2D eigenvalue weighted by atomic mass is 16.6. The van der Waals surface area contributed by atoms with Crippen LogP contribution in [-0.4, -0.2) is 109 Å². The van der Waals surface area contributed by atoms with Crippen LogP contribution in [0.2, 0.25) is 0 Å². The molecule has 0 saturated carbocycles. The summed E-state index contributed by atoms with van der Waals surface area (Å²) in [6.07, 6.45) is 3.21. The molecule has 0 aromatic carbocycles. The highest BCUT2D eigenvalue weighted by molar-refractivity contribution is 6.08. The molecule has 2 aliphatic rings. The summed E-state index contributed by atoms with van der Waals surface area (Å²) in [4.78, 5) is 66.6. The summed E-state index contributed by atoms with van der Waals surface area (Å²) in [5, 5.41) is 0. The molecule has 3 amide bonds. The van der Waals surface area contributed by atoms with E-state index < -0.39 is 29.0 Å². The molecule has 3 aromatic rings. The second-order valence-electron chi connectivity index (χ2n) is 15.2. The number of carbonyl (C=O) groups excluding carboxylic acids is 3. The zero-order valence-corrected chi connectivity index (χ0v) is 29.8. The standard InChI is InChI=1S/C33H47N9O7/c1-31(2,3)47-28(43)40-11-10-21(18-40)19-41-20-36-23-25(39-12-14-46-15-13-39)37-24(38-26(23)41)22-16-34-27(35-17-22)42(29(44)48-32(4,5)6)30(45)49-33(7,8)9/h16-17,20-21H,10-15,18-19H2,1-9H3. The van der Waals surface area contributed by atoms with E-state index >= 15 is 0 Å². The van der Waals surface area contributed by atoms with E-state index in [-0.39, 0.29) is 18.0 Å². The first-order chi connectivity index (χ1) is 22.9. The maximum absolute atomic E-state index is 13.1. The van der Waals surface area contributed by atoms with Crippen molar-refractivity contribution < 1.29 is 33.3 Å². The summed E-state index contributed by atoms with van der Waals surface area (Å²) in [5.74, 6) is 0.939. The quantitative estimate of drug-likeness (QED) is 0.328. The summed E-state index contributed by atoms with van der Waals surface area (Å²) in [5.41, 5.74) is -0.609. The molecule has 3 aromatic heterocycles. The number of imidazole rings is 1. The van der Waals surface area contributed by atoms with E-state index in [0.717, 1.165) is 6.42 Å². The lowest BCUT2D eigenvalue weighted by Crippen LogP contribution is -2.44. The molecule has 0 spiro atoms. The number of hydrogen-bond acceptors (Lipinski definition) is 13. The van der Waals surface area contributed by atoms with E-state index in [1.807, 2.05) is 25.3 Å². The molecule has 0 bridgehead atoms. The van der Waals surface area contributed by atoms with Gasteiger partial charge in [-0.15, -0.1) is 4.90 Å². The number of likely N-dealkylation sites (tertiary alicyclic amines) is 1. The smallest absolute Gasteiger partial charge is 0.427 e. The Kier molecular flexibility index (Phi) is 10.00. The Morgan fingerprint density at radius 2 is 1.43 bits per heavy atom. The van der Waals surface area contributed by atoms with Gasteiger partial charge >= 0.3 is 18.3 Å². The number of ether oxygens (including phenoxy) is 4. The van der Waals surface area contributed by atoms with Gasteiger partial charge in [-0.25, -0.2) is 39.3 Å². The minimum absolute atomic E-state index is 0.171. The summed E-state index contributed by atoms with van der Waals surface area (Å²) in [7, 11) is 0. The van der Waals surface area contributed by atoms with Crippen molar-refractivity contribution in [2.24, 2.45) is 5.92 Å². The number of rotatable bonds is 5. The number of carbonyl (C=O) groups is 3.